The van der Waals surface area contributed by atoms with E-state index in [1.54, 1.807) is 23.6 Å². The van der Waals surface area contributed by atoms with Crippen LogP contribution in [0, 0.1) is 27.7 Å². The van der Waals surface area contributed by atoms with Crippen molar-refractivity contribution in [3.63, 3.8) is 0 Å². The second-order valence-corrected chi connectivity index (χ2v) is 11.8. The van der Waals surface area contributed by atoms with Gasteiger partial charge >= 0.3 is 0 Å². The van der Waals surface area contributed by atoms with E-state index < -0.39 is 10.0 Å². The van der Waals surface area contributed by atoms with Gasteiger partial charge in [0.05, 0.1) is 23.7 Å². The molecule has 0 radical (unpaired) electrons. The van der Waals surface area contributed by atoms with E-state index in [1.807, 2.05) is 58.0 Å². The summed E-state index contributed by atoms with van der Waals surface area (Å²) in [7, 11) is -3.77. The minimum Gasteiger partial charge on any atom is -0.379 e. The lowest BCUT2D eigenvalue weighted by Crippen LogP contribution is -2.40. The number of nitrogens with one attached hydrogen (secondary N) is 1. The Morgan fingerprint density at radius 3 is 2.49 bits per heavy atom. The zero-order valence-corrected chi connectivity index (χ0v) is 23.7. The molecule has 1 amide bonds. The number of rotatable bonds is 6. The number of aromatic nitrogens is 3. The molecule has 10 heteroatoms. The molecule has 1 fully saturated rings. The van der Waals surface area contributed by atoms with Crippen molar-refractivity contribution in [3.8, 4) is 11.1 Å². The van der Waals surface area contributed by atoms with Gasteiger partial charge in [0.1, 0.15) is 0 Å². The van der Waals surface area contributed by atoms with Crippen molar-refractivity contribution in [2.45, 2.75) is 45.9 Å². The monoisotopic (exact) mass is 547 g/mol. The summed E-state index contributed by atoms with van der Waals surface area (Å²) in [5.41, 5.74) is 6.67. The average molecular weight is 548 g/mol. The Kier molecular flexibility index (Phi) is 7.28. The molecule has 3 heterocycles. The van der Waals surface area contributed by atoms with Crippen molar-refractivity contribution in [3.05, 3.63) is 76.2 Å². The van der Waals surface area contributed by atoms with Crippen LogP contribution < -0.4 is 5.32 Å². The number of carbonyl (C=O) groups is 1. The molecule has 39 heavy (non-hydrogen) atoms. The Morgan fingerprint density at radius 2 is 1.77 bits per heavy atom. The second kappa shape index (κ2) is 10.5. The van der Waals surface area contributed by atoms with Gasteiger partial charge in [-0.3, -0.25) is 4.79 Å². The zero-order valence-electron chi connectivity index (χ0n) is 22.9. The summed E-state index contributed by atoms with van der Waals surface area (Å²) >= 11 is 0. The van der Waals surface area contributed by atoms with Crippen LogP contribution in [0.5, 0.6) is 0 Å². The molecular weight excluding hydrogens is 514 g/mol. The smallest absolute Gasteiger partial charge is 0.276 e. The van der Waals surface area contributed by atoms with Gasteiger partial charge in [-0.1, -0.05) is 37.3 Å². The predicted octanol–water partition coefficient (Wildman–Crippen LogP) is 4.47. The number of aryl methyl sites for hydroxylation is 5. The number of sulfonamides is 1. The van der Waals surface area contributed by atoms with Crippen molar-refractivity contribution in [2.24, 2.45) is 0 Å². The number of para-hydroxylation sites is 1. The third kappa shape index (κ3) is 4.95. The summed E-state index contributed by atoms with van der Waals surface area (Å²) in [6.45, 7) is 10.9. The maximum absolute atomic E-state index is 13.8. The molecule has 1 saturated heterocycles. The molecule has 0 saturated carbocycles. The third-order valence-electron chi connectivity index (χ3n) is 7.15. The van der Waals surface area contributed by atoms with Gasteiger partial charge < -0.3 is 10.1 Å². The molecule has 0 bridgehead atoms. The first kappa shape index (κ1) is 27.0. The van der Waals surface area contributed by atoms with Crippen LogP contribution in [0.3, 0.4) is 0 Å². The highest BCUT2D eigenvalue weighted by atomic mass is 32.2. The van der Waals surface area contributed by atoms with Gasteiger partial charge in [-0.15, -0.1) is 0 Å². The van der Waals surface area contributed by atoms with E-state index in [0.717, 1.165) is 34.6 Å². The molecule has 204 valence electrons. The first-order valence-electron chi connectivity index (χ1n) is 13.1. The lowest BCUT2D eigenvalue weighted by Gasteiger charge is -2.26. The number of anilines is 1. The first-order valence-corrected chi connectivity index (χ1v) is 14.5. The molecule has 0 unspecified atom stereocenters. The van der Waals surface area contributed by atoms with Gasteiger partial charge in [-0.2, -0.15) is 9.40 Å². The first-order chi connectivity index (χ1) is 18.6. The van der Waals surface area contributed by atoms with Crippen molar-refractivity contribution in [2.75, 3.05) is 31.6 Å². The molecule has 0 atom stereocenters. The minimum atomic E-state index is -3.77. The van der Waals surface area contributed by atoms with Crippen LogP contribution in [0.15, 0.2) is 47.4 Å². The second-order valence-electron chi connectivity index (χ2n) is 9.91. The van der Waals surface area contributed by atoms with E-state index in [9.17, 15) is 13.2 Å². The number of nitrogens with zero attached hydrogens (tertiary/aromatic N) is 4. The number of carbonyl (C=O) groups excluding carboxylic acids is 1. The molecule has 0 spiro atoms. The average Bonchev–Trinajstić information content (AvgIpc) is 3.30. The highest BCUT2D eigenvalue weighted by Crippen LogP contribution is 2.33. The Morgan fingerprint density at radius 1 is 1.03 bits per heavy atom. The van der Waals surface area contributed by atoms with Gasteiger partial charge in [0, 0.05) is 30.2 Å². The predicted molar refractivity (Wildman–Crippen MR) is 151 cm³/mol. The fourth-order valence-electron chi connectivity index (χ4n) is 5.08. The topological polar surface area (TPSA) is 106 Å². The number of morpholine rings is 1. The summed E-state index contributed by atoms with van der Waals surface area (Å²) < 4.78 is 35.7. The van der Waals surface area contributed by atoms with Crippen LogP contribution in [0.4, 0.5) is 5.69 Å². The standard InChI is InChI=1S/C29H33N5O4S/c1-6-22-9-7-8-19(3)26(22)31-29(35)27-25(28-30-20(4)16-21(5)34(28)32-27)23-11-10-18(2)24(17-23)39(36,37)33-12-14-38-15-13-33/h7-11,16-17H,6,12-15H2,1-5H3,(H,31,35). The largest absolute Gasteiger partial charge is 0.379 e. The fourth-order valence-corrected chi connectivity index (χ4v) is 6.74. The Bertz CT molecular complexity index is 1690. The van der Waals surface area contributed by atoms with Gasteiger partial charge in [0.15, 0.2) is 11.3 Å². The van der Waals surface area contributed by atoms with Gasteiger partial charge in [0.25, 0.3) is 5.91 Å². The minimum absolute atomic E-state index is 0.181. The molecule has 5 rings (SSSR count). The quantitative estimate of drug-likeness (QED) is 0.382. The van der Waals surface area contributed by atoms with E-state index >= 15 is 0 Å². The molecule has 1 aliphatic rings. The summed E-state index contributed by atoms with van der Waals surface area (Å²) in [4.78, 5) is 18.8. The Labute approximate surface area is 228 Å². The molecule has 2 aromatic carbocycles. The van der Waals surface area contributed by atoms with E-state index in [1.165, 1.54) is 4.31 Å². The highest BCUT2D eigenvalue weighted by molar-refractivity contribution is 7.89. The number of amides is 1. The number of benzene rings is 2. The third-order valence-corrected chi connectivity index (χ3v) is 9.19. The highest BCUT2D eigenvalue weighted by Gasteiger charge is 2.30. The van der Waals surface area contributed by atoms with Crippen LogP contribution in [-0.2, 0) is 21.2 Å². The number of hydrogen-bond donors (Lipinski definition) is 1. The fraction of sp³-hybridized carbons (Fsp3) is 0.345. The number of ether oxygens (including phenoxy) is 1. The van der Waals surface area contributed by atoms with E-state index in [2.05, 4.69) is 10.4 Å². The van der Waals surface area contributed by atoms with Gasteiger partial charge in [0.2, 0.25) is 10.0 Å². The molecule has 9 nitrogen and oxygen atoms in total. The molecule has 1 N–H and O–H groups in total. The summed E-state index contributed by atoms with van der Waals surface area (Å²) in [5.74, 6) is -0.380. The van der Waals surface area contributed by atoms with Crippen LogP contribution >= 0.6 is 0 Å². The molecule has 2 aromatic heterocycles. The molecule has 0 aliphatic carbocycles. The maximum atomic E-state index is 13.8. The number of hydrogen-bond acceptors (Lipinski definition) is 6. The Balaban J connectivity index is 1.68. The van der Waals surface area contributed by atoms with E-state index in [-0.39, 0.29) is 16.5 Å². The van der Waals surface area contributed by atoms with Gasteiger partial charge in [-0.05, 0) is 68.5 Å². The van der Waals surface area contributed by atoms with Crippen molar-refractivity contribution in [1.29, 1.82) is 0 Å². The van der Waals surface area contributed by atoms with Crippen molar-refractivity contribution in [1.82, 2.24) is 18.9 Å². The number of fused-ring (bicyclic) bond motifs is 1. The van der Waals surface area contributed by atoms with E-state index in [0.29, 0.717) is 48.6 Å². The van der Waals surface area contributed by atoms with Crippen LogP contribution in [0.25, 0.3) is 16.8 Å². The summed E-state index contributed by atoms with van der Waals surface area (Å²) in [6.07, 6.45) is 0.760. The molecular formula is C29H33N5O4S. The maximum Gasteiger partial charge on any atom is 0.276 e. The van der Waals surface area contributed by atoms with Crippen LogP contribution in [0.2, 0.25) is 0 Å². The summed E-state index contributed by atoms with van der Waals surface area (Å²) in [5, 5.41) is 7.76. The van der Waals surface area contributed by atoms with Gasteiger partial charge in [-0.25, -0.2) is 17.9 Å². The van der Waals surface area contributed by atoms with E-state index in [4.69, 9.17) is 9.72 Å². The SMILES string of the molecule is CCc1cccc(C)c1NC(=O)c1nn2c(C)cc(C)nc2c1-c1ccc(C)c(S(=O)(=O)N2CCOCC2)c1. The normalized spacial score (nSPS) is 14.6. The van der Waals surface area contributed by atoms with Crippen LogP contribution in [0.1, 0.15) is 45.5 Å². The summed E-state index contributed by atoms with van der Waals surface area (Å²) in [6, 6.07) is 13.0. The lowest BCUT2D eigenvalue weighted by molar-refractivity contribution is 0.0730. The van der Waals surface area contributed by atoms with Crippen molar-refractivity contribution < 1.29 is 17.9 Å². The van der Waals surface area contributed by atoms with Crippen LogP contribution in [-0.4, -0.2) is 59.5 Å². The van der Waals surface area contributed by atoms with Crippen molar-refractivity contribution >= 4 is 27.3 Å². The Hall–Kier alpha value is -3.60. The molecule has 1 aliphatic heterocycles. The molecule has 4 aromatic rings. The lowest BCUT2D eigenvalue weighted by atomic mass is 10.0. The zero-order chi connectivity index (χ0) is 27.9.